The topological polar surface area (TPSA) is 18.5 Å². The van der Waals surface area contributed by atoms with Crippen LogP contribution in [0.5, 0.6) is 0 Å². The van der Waals surface area contributed by atoms with E-state index in [1.807, 2.05) is 25.2 Å². The summed E-state index contributed by atoms with van der Waals surface area (Å²) in [6, 6.07) is 3.97. The molecule has 0 amide bonds. The summed E-state index contributed by atoms with van der Waals surface area (Å²) in [7, 11) is 4.00. The van der Waals surface area contributed by atoms with Gasteiger partial charge >= 0.3 is 0 Å². The second-order valence-electron chi connectivity index (χ2n) is 6.29. The molecule has 1 aromatic carbocycles. The number of nitrogens with one attached hydrogen (secondary N) is 1. The standard InChI is InChI=1S/C17H23F2N3/c1-12(2)9-22-11-13(10-21(3)4)7-17(20-22)14-5-6-15(18)16(19)8-14/h5-8,11-12,20H,9-10H2,1-4H3. The molecule has 120 valence electrons. The van der Waals surface area contributed by atoms with Gasteiger partial charge in [-0.05, 0) is 49.9 Å². The lowest BCUT2D eigenvalue weighted by Crippen LogP contribution is -2.38. The molecule has 0 aliphatic carbocycles. The first kappa shape index (κ1) is 16.5. The number of hydrogen-bond donors (Lipinski definition) is 1. The molecule has 1 N–H and O–H groups in total. The summed E-state index contributed by atoms with van der Waals surface area (Å²) >= 11 is 0. The van der Waals surface area contributed by atoms with E-state index in [1.165, 1.54) is 6.07 Å². The Morgan fingerprint density at radius 2 is 1.91 bits per heavy atom. The molecule has 1 aromatic rings. The Balaban J connectivity index is 2.30. The fourth-order valence-electron chi connectivity index (χ4n) is 2.40. The summed E-state index contributed by atoms with van der Waals surface area (Å²) in [5, 5.41) is 2.00. The van der Waals surface area contributed by atoms with E-state index in [-0.39, 0.29) is 0 Å². The minimum Gasteiger partial charge on any atom is -0.305 e. The zero-order valence-corrected chi connectivity index (χ0v) is 13.5. The van der Waals surface area contributed by atoms with Gasteiger partial charge in [0.05, 0.1) is 5.70 Å². The number of halogens is 2. The van der Waals surface area contributed by atoms with Crippen LogP contribution < -0.4 is 5.43 Å². The molecule has 0 saturated heterocycles. The zero-order chi connectivity index (χ0) is 16.3. The number of hydrogen-bond acceptors (Lipinski definition) is 3. The molecule has 1 heterocycles. The first-order valence-corrected chi connectivity index (χ1v) is 7.41. The lowest BCUT2D eigenvalue weighted by molar-refractivity contribution is 0.279. The molecule has 1 aliphatic rings. The van der Waals surface area contributed by atoms with Gasteiger partial charge in [-0.1, -0.05) is 13.8 Å². The van der Waals surface area contributed by atoms with Crippen LogP contribution in [0.15, 0.2) is 36.0 Å². The molecule has 0 bridgehead atoms. The highest BCUT2D eigenvalue weighted by atomic mass is 19.2. The van der Waals surface area contributed by atoms with Crippen LogP contribution in [-0.2, 0) is 0 Å². The van der Waals surface area contributed by atoms with Crippen LogP contribution >= 0.6 is 0 Å². The minimum atomic E-state index is -0.834. The van der Waals surface area contributed by atoms with E-state index in [4.69, 9.17) is 0 Å². The van der Waals surface area contributed by atoms with Crippen molar-refractivity contribution in [2.45, 2.75) is 13.8 Å². The largest absolute Gasteiger partial charge is 0.305 e. The molecule has 5 heteroatoms. The van der Waals surface area contributed by atoms with Gasteiger partial charge in [-0.2, -0.15) is 0 Å². The van der Waals surface area contributed by atoms with Gasteiger partial charge in [0.15, 0.2) is 11.6 Å². The van der Waals surface area contributed by atoms with E-state index in [0.29, 0.717) is 11.5 Å². The lowest BCUT2D eigenvalue weighted by Gasteiger charge is -2.31. The van der Waals surface area contributed by atoms with Crippen molar-refractivity contribution >= 4 is 5.70 Å². The summed E-state index contributed by atoms with van der Waals surface area (Å²) in [6.07, 6.45) is 4.03. The summed E-state index contributed by atoms with van der Waals surface area (Å²) in [4.78, 5) is 2.07. The third-order valence-electron chi connectivity index (χ3n) is 3.21. The summed E-state index contributed by atoms with van der Waals surface area (Å²) < 4.78 is 26.6. The molecule has 0 radical (unpaired) electrons. The fraction of sp³-hybridized carbons (Fsp3) is 0.412. The van der Waals surface area contributed by atoms with Crippen molar-refractivity contribution in [3.05, 3.63) is 53.2 Å². The van der Waals surface area contributed by atoms with Crippen LogP contribution in [0.3, 0.4) is 0 Å². The number of hydrazine groups is 1. The third kappa shape index (κ3) is 4.31. The van der Waals surface area contributed by atoms with Crippen molar-refractivity contribution in [3.8, 4) is 0 Å². The maximum Gasteiger partial charge on any atom is 0.159 e. The van der Waals surface area contributed by atoms with E-state index in [2.05, 4.69) is 30.4 Å². The molecular formula is C17H23F2N3. The summed E-state index contributed by atoms with van der Waals surface area (Å²) in [5.74, 6) is -1.18. The normalized spacial score (nSPS) is 15.0. The van der Waals surface area contributed by atoms with Crippen molar-refractivity contribution < 1.29 is 8.78 Å². The second kappa shape index (κ2) is 6.92. The highest BCUT2D eigenvalue weighted by Crippen LogP contribution is 2.21. The fourth-order valence-corrected chi connectivity index (χ4v) is 2.40. The first-order chi connectivity index (χ1) is 10.3. The van der Waals surface area contributed by atoms with E-state index in [9.17, 15) is 8.78 Å². The quantitative estimate of drug-likeness (QED) is 0.901. The Morgan fingerprint density at radius 3 is 2.50 bits per heavy atom. The number of likely N-dealkylation sites (N-methyl/N-ethyl adjacent to an activating group) is 1. The number of nitrogens with zero attached hydrogens (tertiary/aromatic N) is 2. The van der Waals surface area contributed by atoms with Gasteiger partial charge in [0.2, 0.25) is 0 Å². The first-order valence-electron chi connectivity index (χ1n) is 7.41. The van der Waals surface area contributed by atoms with E-state index in [0.717, 1.165) is 30.4 Å². The van der Waals surface area contributed by atoms with Crippen molar-refractivity contribution in [1.82, 2.24) is 15.3 Å². The average molecular weight is 307 g/mol. The molecule has 0 aromatic heterocycles. The molecule has 0 atom stereocenters. The van der Waals surface area contributed by atoms with Crippen LogP contribution in [0.2, 0.25) is 0 Å². The van der Waals surface area contributed by atoms with E-state index >= 15 is 0 Å². The van der Waals surface area contributed by atoms with Crippen molar-refractivity contribution in [2.24, 2.45) is 5.92 Å². The maximum atomic E-state index is 13.5. The predicted octanol–water partition coefficient (Wildman–Crippen LogP) is 3.23. The Morgan fingerprint density at radius 1 is 1.18 bits per heavy atom. The van der Waals surface area contributed by atoms with Gasteiger partial charge in [-0.15, -0.1) is 0 Å². The third-order valence-corrected chi connectivity index (χ3v) is 3.21. The van der Waals surface area contributed by atoms with E-state index in [1.54, 1.807) is 6.07 Å². The molecule has 0 unspecified atom stereocenters. The maximum absolute atomic E-state index is 13.5. The van der Waals surface area contributed by atoms with Crippen molar-refractivity contribution in [3.63, 3.8) is 0 Å². The Labute approximate surface area is 130 Å². The highest BCUT2D eigenvalue weighted by Gasteiger charge is 2.15. The van der Waals surface area contributed by atoms with Crippen LogP contribution in [0.1, 0.15) is 19.4 Å². The second-order valence-corrected chi connectivity index (χ2v) is 6.29. The molecule has 0 saturated carbocycles. The van der Waals surface area contributed by atoms with Crippen molar-refractivity contribution in [1.29, 1.82) is 0 Å². The average Bonchev–Trinajstić information content (AvgIpc) is 2.40. The summed E-state index contributed by atoms with van der Waals surface area (Å²) in [6.45, 7) is 5.88. The Kier molecular flexibility index (Phi) is 5.19. The van der Waals surface area contributed by atoms with Gasteiger partial charge in [0.25, 0.3) is 0 Å². The zero-order valence-electron chi connectivity index (χ0n) is 13.5. The lowest BCUT2D eigenvalue weighted by atomic mass is 10.1. The molecule has 22 heavy (non-hydrogen) atoms. The summed E-state index contributed by atoms with van der Waals surface area (Å²) in [5.41, 5.74) is 5.79. The van der Waals surface area contributed by atoms with Gasteiger partial charge in [-0.3, -0.25) is 10.4 Å². The van der Waals surface area contributed by atoms with Gasteiger partial charge in [0.1, 0.15) is 0 Å². The molecule has 3 nitrogen and oxygen atoms in total. The molecular weight excluding hydrogens is 284 g/mol. The van der Waals surface area contributed by atoms with Crippen LogP contribution in [0.25, 0.3) is 5.70 Å². The van der Waals surface area contributed by atoms with Gasteiger partial charge < -0.3 is 4.90 Å². The molecule has 1 aliphatic heterocycles. The highest BCUT2D eigenvalue weighted by molar-refractivity contribution is 5.67. The van der Waals surface area contributed by atoms with Crippen LogP contribution in [0.4, 0.5) is 8.78 Å². The number of benzene rings is 1. The molecule has 0 fully saturated rings. The van der Waals surface area contributed by atoms with E-state index < -0.39 is 11.6 Å². The van der Waals surface area contributed by atoms with Crippen molar-refractivity contribution in [2.75, 3.05) is 27.2 Å². The Hall–Kier alpha value is -1.88. The van der Waals surface area contributed by atoms with Gasteiger partial charge in [0, 0.05) is 24.9 Å². The smallest absolute Gasteiger partial charge is 0.159 e. The minimum absolute atomic E-state index is 0.480. The molecule has 0 spiro atoms. The van der Waals surface area contributed by atoms with Crippen LogP contribution in [0, 0.1) is 17.6 Å². The SMILES string of the molecule is CC(C)CN1C=C(CN(C)C)C=C(c2ccc(F)c(F)c2)N1. The molecule has 2 rings (SSSR count). The Bertz CT molecular complexity index is 592. The van der Waals surface area contributed by atoms with Crippen LogP contribution in [-0.4, -0.2) is 37.1 Å². The van der Waals surface area contributed by atoms with Gasteiger partial charge in [-0.25, -0.2) is 8.78 Å². The number of rotatable bonds is 5. The predicted molar refractivity (Wildman–Crippen MR) is 85.7 cm³/mol. The monoisotopic (exact) mass is 307 g/mol.